The fraction of sp³-hybridized carbons (Fsp3) is 0.700. The Hall–Kier alpha value is -0.480. The number of hydrogen-bond donors (Lipinski definition) is 1. The third kappa shape index (κ3) is 4.15. The molecule has 0 bridgehead atoms. The molecule has 0 atom stereocenters. The highest BCUT2D eigenvalue weighted by Gasteiger charge is 1.97. The number of aryl methyl sites for hydroxylation is 1. The average Bonchev–Trinajstić information content (AvgIpc) is 2.61. The van der Waals surface area contributed by atoms with E-state index < -0.39 is 0 Å². The van der Waals surface area contributed by atoms with Crippen molar-refractivity contribution in [1.82, 2.24) is 9.78 Å². The lowest BCUT2D eigenvalue weighted by Crippen LogP contribution is -2.02. The molecule has 0 spiro atoms. The summed E-state index contributed by atoms with van der Waals surface area (Å²) in [5.41, 5.74) is 6.72. The Balaban J connectivity index is 2.22. The third-order valence-corrected chi connectivity index (χ3v) is 2.99. The van der Waals surface area contributed by atoms with E-state index in [0.717, 1.165) is 13.0 Å². The summed E-state index contributed by atoms with van der Waals surface area (Å²) in [6.45, 7) is 3.92. The monoisotopic (exact) mass is 213 g/mol. The predicted octanol–water partition coefficient (Wildman–Crippen LogP) is 1.53. The highest BCUT2D eigenvalue weighted by Crippen LogP contribution is 2.04. The number of hydrogen-bond acceptors (Lipinski definition) is 3. The summed E-state index contributed by atoms with van der Waals surface area (Å²) in [4.78, 5) is 0. The Morgan fingerprint density at radius 3 is 3.14 bits per heavy atom. The molecule has 0 saturated carbocycles. The van der Waals surface area contributed by atoms with Crippen LogP contribution in [-0.4, -0.2) is 27.8 Å². The van der Waals surface area contributed by atoms with Gasteiger partial charge in [0.15, 0.2) is 0 Å². The molecule has 0 radical (unpaired) electrons. The average molecular weight is 213 g/mol. The van der Waals surface area contributed by atoms with Gasteiger partial charge in [0, 0.05) is 12.7 Å². The van der Waals surface area contributed by atoms with Crippen molar-refractivity contribution in [3.05, 3.63) is 18.0 Å². The first-order valence-electron chi connectivity index (χ1n) is 5.16. The molecule has 1 rings (SSSR count). The van der Waals surface area contributed by atoms with E-state index in [-0.39, 0.29) is 0 Å². The number of nitrogens with zero attached hydrogens (tertiary/aromatic N) is 2. The first kappa shape index (κ1) is 11.6. The standard InChI is InChI=1S/C10H19N3S/c1-2-14-7-3-6-13-9-10(4-5-11)8-12-13/h8-9H,2-7,11H2,1H3. The van der Waals surface area contributed by atoms with Gasteiger partial charge in [-0.3, -0.25) is 4.68 Å². The van der Waals surface area contributed by atoms with Gasteiger partial charge in [0.2, 0.25) is 0 Å². The lowest BCUT2D eigenvalue weighted by atomic mass is 10.3. The smallest absolute Gasteiger partial charge is 0.0522 e. The third-order valence-electron chi connectivity index (χ3n) is 2.00. The minimum atomic E-state index is 0.706. The topological polar surface area (TPSA) is 43.8 Å². The lowest BCUT2D eigenvalue weighted by molar-refractivity contribution is 0.605. The van der Waals surface area contributed by atoms with Gasteiger partial charge in [-0.15, -0.1) is 0 Å². The molecule has 1 heterocycles. The van der Waals surface area contributed by atoms with Crippen LogP contribution >= 0.6 is 11.8 Å². The minimum Gasteiger partial charge on any atom is -0.330 e. The molecule has 2 N–H and O–H groups in total. The van der Waals surface area contributed by atoms with Gasteiger partial charge in [-0.25, -0.2) is 0 Å². The molecular weight excluding hydrogens is 194 g/mol. The second kappa shape index (κ2) is 6.90. The molecule has 80 valence electrons. The van der Waals surface area contributed by atoms with Crippen molar-refractivity contribution in [3.63, 3.8) is 0 Å². The highest BCUT2D eigenvalue weighted by molar-refractivity contribution is 7.99. The number of thioether (sulfide) groups is 1. The summed E-state index contributed by atoms with van der Waals surface area (Å²) in [6.07, 6.45) is 6.15. The van der Waals surface area contributed by atoms with Gasteiger partial charge in [0.1, 0.15) is 0 Å². The fourth-order valence-corrected chi connectivity index (χ4v) is 1.92. The van der Waals surface area contributed by atoms with Gasteiger partial charge in [-0.1, -0.05) is 6.92 Å². The van der Waals surface area contributed by atoms with Crippen LogP contribution in [0.4, 0.5) is 0 Å². The van der Waals surface area contributed by atoms with Crippen molar-refractivity contribution >= 4 is 11.8 Å². The van der Waals surface area contributed by atoms with E-state index in [1.54, 1.807) is 0 Å². The largest absolute Gasteiger partial charge is 0.330 e. The quantitative estimate of drug-likeness (QED) is 0.699. The fourth-order valence-electron chi connectivity index (χ4n) is 1.30. The van der Waals surface area contributed by atoms with Crippen molar-refractivity contribution < 1.29 is 0 Å². The molecular formula is C10H19N3S. The molecule has 0 amide bonds. The molecule has 0 aromatic carbocycles. The molecule has 4 heteroatoms. The first-order chi connectivity index (χ1) is 6.86. The summed E-state index contributed by atoms with van der Waals surface area (Å²) < 4.78 is 2.02. The molecule has 0 aliphatic carbocycles. The van der Waals surface area contributed by atoms with Crippen LogP contribution in [0.25, 0.3) is 0 Å². The van der Waals surface area contributed by atoms with Crippen molar-refractivity contribution in [2.75, 3.05) is 18.1 Å². The van der Waals surface area contributed by atoms with E-state index in [1.807, 2.05) is 22.6 Å². The maximum atomic E-state index is 5.47. The number of nitrogens with two attached hydrogens (primary N) is 1. The molecule has 1 aromatic rings. The number of rotatable bonds is 7. The predicted molar refractivity (Wildman–Crippen MR) is 62.6 cm³/mol. The van der Waals surface area contributed by atoms with Crippen LogP contribution in [0.3, 0.4) is 0 Å². The Bertz CT molecular complexity index is 247. The Labute approximate surface area is 90.1 Å². The molecule has 0 fully saturated rings. The lowest BCUT2D eigenvalue weighted by Gasteiger charge is -1.99. The van der Waals surface area contributed by atoms with E-state index in [4.69, 9.17) is 5.73 Å². The van der Waals surface area contributed by atoms with Crippen molar-refractivity contribution in [2.45, 2.75) is 26.3 Å². The zero-order valence-corrected chi connectivity index (χ0v) is 9.59. The van der Waals surface area contributed by atoms with Gasteiger partial charge >= 0.3 is 0 Å². The summed E-state index contributed by atoms with van der Waals surface area (Å²) >= 11 is 1.98. The normalized spacial score (nSPS) is 10.7. The van der Waals surface area contributed by atoms with E-state index in [0.29, 0.717) is 6.54 Å². The SMILES string of the molecule is CCSCCCn1cc(CCN)cn1. The van der Waals surface area contributed by atoms with Gasteiger partial charge in [-0.05, 0) is 36.5 Å². The summed E-state index contributed by atoms with van der Waals surface area (Å²) in [5, 5.41) is 4.28. The van der Waals surface area contributed by atoms with Crippen molar-refractivity contribution in [1.29, 1.82) is 0 Å². The van der Waals surface area contributed by atoms with Gasteiger partial charge in [0.05, 0.1) is 6.20 Å². The van der Waals surface area contributed by atoms with Crippen molar-refractivity contribution in [2.24, 2.45) is 5.73 Å². The maximum Gasteiger partial charge on any atom is 0.0522 e. The zero-order valence-electron chi connectivity index (χ0n) is 8.78. The van der Waals surface area contributed by atoms with Crippen molar-refractivity contribution in [3.8, 4) is 0 Å². The Kier molecular flexibility index (Phi) is 5.71. The minimum absolute atomic E-state index is 0.706. The second-order valence-corrected chi connectivity index (χ2v) is 4.59. The highest BCUT2D eigenvalue weighted by atomic mass is 32.2. The van der Waals surface area contributed by atoms with Crippen LogP contribution in [0, 0.1) is 0 Å². The van der Waals surface area contributed by atoms with E-state index in [9.17, 15) is 0 Å². The summed E-state index contributed by atoms with van der Waals surface area (Å²) in [7, 11) is 0. The van der Waals surface area contributed by atoms with E-state index in [2.05, 4.69) is 18.2 Å². The zero-order chi connectivity index (χ0) is 10.2. The first-order valence-corrected chi connectivity index (χ1v) is 6.31. The Morgan fingerprint density at radius 2 is 2.43 bits per heavy atom. The molecule has 0 aliphatic heterocycles. The molecule has 14 heavy (non-hydrogen) atoms. The maximum absolute atomic E-state index is 5.47. The molecule has 1 aromatic heterocycles. The van der Waals surface area contributed by atoms with E-state index in [1.165, 1.54) is 23.5 Å². The van der Waals surface area contributed by atoms with Crippen LogP contribution in [0.15, 0.2) is 12.4 Å². The van der Waals surface area contributed by atoms with Crippen LogP contribution in [0.1, 0.15) is 18.9 Å². The van der Waals surface area contributed by atoms with Gasteiger partial charge < -0.3 is 5.73 Å². The molecule has 0 unspecified atom stereocenters. The van der Waals surface area contributed by atoms with Crippen LogP contribution in [-0.2, 0) is 13.0 Å². The van der Waals surface area contributed by atoms with Crippen LogP contribution in [0.2, 0.25) is 0 Å². The molecule has 0 saturated heterocycles. The van der Waals surface area contributed by atoms with Gasteiger partial charge in [0.25, 0.3) is 0 Å². The summed E-state index contributed by atoms with van der Waals surface area (Å²) in [6, 6.07) is 0. The Morgan fingerprint density at radius 1 is 1.57 bits per heavy atom. The van der Waals surface area contributed by atoms with Crippen LogP contribution in [0.5, 0.6) is 0 Å². The van der Waals surface area contributed by atoms with Crippen LogP contribution < -0.4 is 5.73 Å². The second-order valence-electron chi connectivity index (χ2n) is 3.20. The molecule has 3 nitrogen and oxygen atoms in total. The van der Waals surface area contributed by atoms with E-state index >= 15 is 0 Å². The molecule has 0 aliphatic rings. The summed E-state index contributed by atoms with van der Waals surface area (Å²) in [5.74, 6) is 2.43. The number of aromatic nitrogens is 2. The van der Waals surface area contributed by atoms with Gasteiger partial charge in [-0.2, -0.15) is 16.9 Å².